The zero-order chi connectivity index (χ0) is 10.8. The van der Waals surface area contributed by atoms with Crippen LogP contribution in [0.3, 0.4) is 0 Å². The second kappa shape index (κ2) is 3.78. The molecule has 0 atom stereocenters. The van der Waals surface area contributed by atoms with Crippen LogP contribution >= 0.6 is 0 Å². The maximum atomic E-state index is 13.4. The Balaban J connectivity index is 2.48. The van der Waals surface area contributed by atoms with E-state index in [4.69, 9.17) is 5.73 Å². The molecular formula is C10H11FN4. The predicted octanol–water partition coefficient (Wildman–Crippen LogP) is 1.17. The van der Waals surface area contributed by atoms with Gasteiger partial charge in [0.15, 0.2) is 0 Å². The van der Waals surface area contributed by atoms with Gasteiger partial charge in [0.2, 0.25) is 0 Å². The number of hydrogen-bond donors (Lipinski definition) is 1. The summed E-state index contributed by atoms with van der Waals surface area (Å²) in [6, 6.07) is 4.83. The summed E-state index contributed by atoms with van der Waals surface area (Å²) in [6.07, 6.45) is 1.62. The lowest BCUT2D eigenvalue weighted by Crippen LogP contribution is -1.99. The third-order valence-electron chi connectivity index (χ3n) is 2.10. The van der Waals surface area contributed by atoms with E-state index in [0.29, 0.717) is 17.9 Å². The van der Waals surface area contributed by atoms with Gasteiger partial charge in [0.25, 0.3) is 0 Å². The first-order valence-electron chi connectivity index (χ1n) is 4.58. The molecule has 0 fully saturated rings. The van der Waals surface area contributed by atoms with E-state index >= 15 is 0 Å². The maximum Gasteiger partial charge on any atom is 0.148 e. The van der Waals surface area contributed by atoms with Gasteiger partial charge in [0, 0.05) is 6.54 Å². The molecule has 0 radical (unpaired) electrons. The fourth-order valence-corrected chi connectivity index (χ4v) is 1.31. The summed E-state index contributed by atoms with van der Waals surface area (Å²) in [7, 11) is 0. The molecule has 0 aliphatic rings. The zero-order valence-corrected chi connectivity index (χ0v) is 8.31. The topological polar surface area (TPSA) is 56.7 Å². The number of nitrogens with two attached hydrogens (primary N) is 1. The zero-order valence-electron chi connectivity index (χ0n) is 8.31. The smallest absolute Gasteiger partial charge is 0.148 e. The Morgan fingerprint density at radius 3 is 2.93 bits per heavy atom. The highest BCUT2D eigenvalue weighted by Crippen LogP contribution is 2.14. The summed E-state index contributed by atoms with van der Waals surface area (Å²) in [5, 5.41) is 7.61. The Morgan fingerprint density at radius 2 is 2.27 bits per heavy atom. The van der Waals surface area contributed by atoms with E-state index in [-0.39, 0.29) is 5.82 Å². The molecule has 0 spiro atoms. The summed E-state index contributed by atoms with van der Waals surface area (Å²) in [4.78, 5) is 0. The van der Waals surface area contributed by atoms with Crippen molar-refractivity contribution in [3.63, 3.8) is 0 Å². The quantitative estimate of drug-likeness (QED) is 0.802. The van der Waals surface area contributed by atoms with Crippen molar-refractivity contribution in [3.8, 4) is 5.69 Å². The van der Waals surface area contributed by atoms with E-state index in [9.17, 15) is 4.39 Å². The van der Waals surface area contributed by atoms with Crippen LogP contribution in [0.2, 0.25) is 0 Å². The van der Waals surface area contributed by atoms with E-state index < -0.39 is 0 Å². The number of rotatable bonds is 2. The molecule has 0 amide bonds. The van der Waals surface area contributed by atoms with Crippen molar-refractivity contribution in [2.45, 2.75) is 13.5 Å². The third kappa shape index (κ3) is 1.87. The molecule has 2 aromatic rings. The van der Waals surface area contributed by atoms with Crippen molar-refractivity contribution in [1.29, 1.82) is 0 Å². The van der Waals surface area contributed by atoms with E-state index in [1.165, 1.54) is 10.7 Å². The highest BCUT2D eigenvalue weighted by Gasteiger charge is 2.06. The molecule has 2 rings (SSSR count). The lowest BCUT2D eigenvalue weighted by Gasteiger charge is -2.02. The first-order chi connectivity index (χ1) is 7.20. The summed E-state index contributed by atoms with van der Waals surface area (Å²) < 4.78 is 14.8. The Labute approximate surface area is 86.5 Å². The molecule has 0 unspecified atom stereocenters. The minimum absolute atomic E-state index is 0.299. The Morgan fingerprint density at radius 1 is 1.47 bits per heavy atom. The highest BCUT2D eigenvalue weighted by atomic mass is 19.1. The van der Waals surface area contributed by atoms with Crippen molar-refractivity contribution >= 4 is 0 Å². The molecule has 5 heteroatoms. The van der Waals surface area contributed by atoms with Crippen LogP contribution in [0, 0.1) is 12.7 Å². The Kier molecular flexibility index (Phi) is 2.47. The molecule has 4 nitrogen and oxygen atoms in total. The van der Waals surface area contributed by atoms with Crippen LogP contribution in [-0.2, 0) is 6.54 Å². The first kappa shape index (κ1) is 9.79. The van der Waals surface area contributed by atoms with Gasteiger partial charge in [-0.25, -0.2) is 9.07 Å². The molecule has 0 aliphatic heterocycles. The van der Waals surface area contributed by atoms with Gasteiger partial charge in [0.05, 0.1) is 11.9 Å². The highest BCUT2D eigenvalue weighted by molar-refractivity contribution is 5.36. The summed E-state index contributed by atoms with van der Waals surface area (Å²) in [5.74, 6) is -0.325. The van der Waals surface area contributed by atoms with E-state index in [2.05, 4.69) is 10.3 Å². The Hall–Kier alpha value is -1.75. The average Bonchev–Trinajstić information content (AvgIpc) is 2.70. The summed E-state index contributed by atoms with van der Waals surface area (Å²) in [6.45, 7) is 2.19. The van der Waals surface area contributed by atoms with Crippen LogP contribution in [0.15, 0.2) is 24.4 Å². The number of halogens is 1. The fraction of sp³-hybridized carbons (Fsp3) is 0.200. The molecule has 0 saturated carbocycles. The van der Waals surface area contributed by atoms with Gasteiger partial charge in [-0.05, 0) is 24.6 Å². The standard InChI is InChI=1S/C10H11FN4/c1-7-2-3-9(11)10(4-7)15-6-8(5-12)13-14-15/h2-4,6H,5,12H2,1H3. The maximum absolute atomic E-state index is 13.4. The van der Waals surface area contributed by atoms with Crippen molar-refractivity contribution in [3.05, 3.63) is 41.5 Å². The lowest BCUT2D eigenvalue weighted by atomic mass is 10.2. The van der Waals surface area contributed by atoms with Crippen molar-refractivity contribution in [2.24, 2.45) is 5.73 Å². The number of hydrogen-bond acceptors (Lipinski definition) is 3. The van der Waals surface area contributed by atoms with Crippen molar-refractivity contribution < 1.29 is 4.39 Å². The minimum Gasteiger partial charge on any atom is -0.325 e. The fourth-order valence-electron chi connectivity index (χ4n) is 1.31. The molecule has 15 heavy (non-hydrogen) atoms. The summed E-state index contributed by atoms with van der Waals surface area (Å²) >= 11 is 0. The van der Waals surface area contributed by atoms with Gasteiger partial charge < -0.3 is 5.73 Å². The van der Waals surface area contributed by atoms with Crippen LogP contribution in [0.5, 0.6) is 0 Å². The molecule has 1 aromatic heterocycles. The normalized spacial score (nSPS) is 10.6. The largest absolute Gasteiger partial charge is 0.325 e. The van der Waals surface area contributed by atoms with Crippen LogP contribution in [0.25, 0.3) is 5.69 Å². The Bertz CT molecular complexity index is 478. The number of aromatic nitrogens is 3. The average molecular weight is 206 g/mol. The van der Waals surface area contributed by atoms with E-state index in [1.807, 2.05) is 6.92 Å². The van der Waals surface area contributed by atoms with E-state index in [0.717, 1.165) is 5.56 Å². The molecule has 0 aliphatic carbocycles. The molecule has 0 saturated heterocycles. The van der Waals surface area contributed by atoms with Crippen LogP contribution in [0.1, 0.15) is 11.3 Å². The molecule has 1 heterocycles. The van der Waals surface area contributed by atoms with Gasteiger partial charge in [-0.2, -0.15) is 0 Å². The van der Waals surface area contributed by atoms with Crippen molar-refractivity contribution in [1.82, 2.24) is 15.0 Å². The first-order valence-corrected chi connectivity index (χ1v) is 4.58. The molecule has 78 valence electrons. The SMILES string of the molecule is Cc1ccc(F)c(-n2cc(CN)nn2)c1. The molecule has 1 aromatic carbocycles. The second-order valence-corrected chi connectivity index (χ2v) is 3.31. The van der Waals surface area contributed by atoms with Gasteiger partial charge in [-0.15, -0.1) is 5.10 Å². The van der Waals surface area contributed by atoms with Crippen LogP contribution in [0.4, 0.5) is 4.39 Å². The number of aryl methyl sites for hydroxylation is 1. The number of nitrogens with zero attached hydrogens (tertiary/aromatic N) is 3. The summed E-state index contributed by atoms with van der Waals surface area (Å²) in [5.41, 5.74) is 7.39. The second-order valence-electron chi connectivity index (χ2n) is 3.31. The third-order valence-corrected chi connectivity index (χ3v) is 2.10. The van der Waals surface area contributed by atoms with Gasteiger partial charge in [0.1, 0.15) is 11.5 Å². The van der Waals surface area contributed by atoms with Gasteiger partial charge in [-0.3, -0.25) is 0 Å². The predicted molar refractivity (Wildman–Crippen MR) is 53.9 cm³/mol. The number of benzene rings is 1. The van der Waals surface area contributed by atoms with Crippen LogP contribution in [-0.4, -0.2) is 15.0 Å². The minimum atomic E-state index is -0.325. The molecular weight excluding hydrogens is 195 g/mol. The molecule has 0 bridgehead atoms. The van der Waals surface area contributed by atoms with Crippen molar-refractivity contribution in [2.75, 3.05) is 0 Å². The monoisotopic (exact) mass is 206 g/mol. The molecule has 2 N–H and O–H groups in total. The van der Waals surface area contributed by atoms with Gasteiger partial charge >= 0.3 is 0 Å². The van der Waals surface area contributed by atoms with Gasteiger partial charge in [-0.1, -0.05) is 11.3 Å². The lowest BCUT2D eigenvalue weighted by molar-refractivity contribution is 0.606. The van der Waals surface area contributed by atoms with Crippen LogP contribution < -0.4 is 5.73 Å². The van der Waals surface area contributed by atoms with E-state index in [1.54, 1.807) is 18.3 Å².